The van der Waals surface area contributed by atoms with Crippen LogP contribution in [0.15, 0.2) is 54.8 Å². The summed E-state index contributed by atoms with van der Waals surface area (Å²) in [4.78, 5) is 35.5. The minimum absolute atomic E-state index is 0.0161. The number of carbonyl (C=O) groups excluding carboxylic acids is 2. The predicted molar refractivity (Wildman–Crippen MR) is 118 cm³/mol. The number of urea groups is 1. The summed E-state index contributed by atoms with van der Waals surface area (Å²) in [7, 11) is 1.40. The SMILES string of the molecule is C=CCc1cc(/C=C2/NC(=O)N(C)C2=O)cc(OCC)c1OCc1cccc([N+](=O)[O-])c1. The van der Waals surface area contributed by atoms with Crippen molar-refractivity contribution >= 4 is 23.7 Å². The number of allylic oxidation sites excluding steroid dienone is 1. The largest absolute Gasteiger partial charge is 0.490 e. The van der Waals surface area contributed by atoms with Crippen molar-refractivity contribution in [2.45, 2.75) is 20.0 Å². The number of nitrogens with zero attached hydrogens (tertiary/aromatic N) is 2. The van der Waals surface area contributed by atoms with Gasteiger partial charge in [-0.05, 0) is 42.7 Å². The third-order valence-corrected chi connectivity index (χ3v) is 4.72. The van der Waals surface area contributed by atoms with E-state index >= 15 is 0 Å². The lowest BCUT2D eigenvalue weighted by Gasteiger charge is -2.17. The lowest BCUT2D eigenvalue weighted by Crippen LogP contribution is -2.25. The van der Waals surface area contributed by atoms with E-state index in [1.807, 2.05) is 13.0 Å². The molecule has 3 rings (SSSR count). The molecule has 0 aromatic heterocycles. The van der Waals surface area contributed by atoms with E-state index in [2.05, 4.69) is 11.9 Å². The number of nitro benzene ring substituents is 1. The van der Waals surface area contributed by atoms with Gasteiger partial charge in [-0.3, -0.25) is 19.8 Å². The van der Waals surface area contributed by atoms with E-state index in [0.29, 0.717) is 35.7 Å². The highest BCUT2D eigenvalue weighted by molar-refractivity contribution is 6.13. The molecule has 1 heterocycles. The minimum atomic E-state index is -0.491. The van der Waals surface area contributed by atoms with E-state index in [4.69, 9.17) is 9.47 Å². The first-order chi connectivity index (χ1) is 15.3. The molecule has 166 valence electrons. The number of imide groups is 1. The second-order valence-corrected chi connectivity index (χ2v) is 7.00. The minimum Gasteiger partial charge on any atom is -0.490 e. The molecule has 0 unspecified atom stereocenters. The molecule has 0 bridgehead atoms. The van der Waals surface area contributed by atoms with Crippen LogP contribution in [-0.4, -0.2) is 35.4 Å². The van der Waals surface area contributed by atoms with Gasteiger partial charge in [-0.1, -0.05) is 18.2 Å². The number of hydrogen-bond acceptors (Lipinski definition) is 6. The fourth-order valence-electron chi connectivity index (χ4n) is 3.21. The number of amides is 3. The van der Waals surface area contributed by atoms with Gasteiger partial charge in [0.05, 0.1) is 11.5 Å². The zero-order chi connectivity index (χ0) is 23.3. The van der Waals surface area contributed by atoms with Crippen LogP contribution in [-0.2, 0) is 17.8 Å². The Morgan fingerprint density at radius 2 is 2.00 bits per heavy atom. The van der Waals surface area contributed by atoms with Gasteiger partial charge < -0.3 is 14.8 Å². The highest BCUT2D eigenvalue weighted by Gasteiger charge is 2.30. The van der Waals surface area contributed by atoms with Gasteiger partial charge in [-0.2, -0.15) is 0 Å². The van der Waals surface area contributed by atoms with Crippen LogP contribution in [0.25, 0.3) is 6.08 Å². The Kier molecular flexibility index (Phi) is 6.89. The van der Waals surface area contributed by atoms with Crippen molar-refractivity contribution in [3.05, 3.63) is 81.6 Å². The summed E-state index contributed by atoms with van der Waals surface area (Å²) in [6, 6.07) is 9.25. The highest BCUT2D eigenvalue weighted by atomic mass is 16.6. The van der Waals surface area contributed by atoms with Gasteiger partial charge in [0.25, 0.3) is 11.6 Å². The Morgan fingerprint density at radius 3 is 2.62 bits per heavy atom. The van der Waals surface area contributed by atoms with Crippen LogP contribution in [0, 0.1) is 10.1 Å². The van der Waals surface area contributed by atoms with Gasteiger partial charge in [-0.25, -0.2) is 4.79 Å². The first-order valence-electron chi connectivity index (χ1n) is 9.91. The fraction of sp³-hybridized carbons (Fsp3) is 0.217. The average Bonchev–Trinajstić information content (AvgIpc) is 3.00. The van der Waals surface area contributed by atoms with E-state index in [0.717, 1.165) is 10.5 Å². The molecule has 1 aliphatic rings. The highest BCUT2D eigenvalue weighted by Crippen LogP contribution is 2.35. The van der Waals surface area contributed by atoms with Crippen LogP contribution in [0.4, 0.5) is 10.5 Å². The summed E-state index contributed by atoms with van der Waals surface area (Å²) < 4.78 is 11.8. The van der Waals surface area contributed by atoms with Crippen LogP contribution in [0.2, 0.25) is 0 Å². The second kappa shape index (κ2) is 9.78. The maximum atomic E-state index is 12.2. The number of carbonyl (C=O) groups is 2. The van der Waals surface area contributed by atoms with E-state index in [9.17, 15) is 19.7 Å². The maximum Gasteiger partial charge on any atom is 0.328 e. The standard InChI is InChI=1S/C23H23N3O6/c1-4-7-17-10-16(12-19-22(27)25(3)23(28)24-19)13-20(31-5-2)21(17)32-14-15-8-6-9-18(11-15)26(29)30/h4,6,8-13H,1,5,7,14H2,2-3H3,(H,24,28)/b19-12+. The van der Waals surface area contributed by atoms with Crippen molar-refractivity contribution < 1.29 is 24.0 Å². The molecule has 2 aromatic carbocycles. The zero-order valence-corrected chi connectivity index (χ0v) is 17.8. The molecule has 2 aromatic rings. The van der Waals surface area contributed by atoms with Gasteiger partial charge in [0, 0.05) is 24.7 Å². The summed E-state index contributed by atoms with van der Waals surface area (Å²) in [5.41, 5.74) is 2.19. The molecule has 0 aliphatic carbocycles. The number of rotatable bonds is 9. The molecule has 1 aliphatic heterocycles. The molecule has 9 nitrogen and oxygen atoms in total. The first-order valence-corrected chi connectivity index (χ1v) is 9.91. The van der Waals surface area contributed by atoms with E-state index in [1.165, 1.54) is 19.2 Å². The van der Waals surface area contributed by atoms with Crippen molar-refractivity contribution in [1.82, 2.24) is 10.2 Å². The molecule has 1 N–H and O–H groups in total. The molecule has 9 heteroatoms. The third-order valence-electron chi connectivity index (χ3n) is 4.72. The van der Waals surface area contributed by atoms with Crippen molar-refractivity contribution in [1.29, 1.82) is 0 Å². The fourth-order valence-corrected chi connectivity index (χ4v) is 3.21. The normalized spacial score (nSPS) is 14.4. The zero-order valence-electron chi connectivity index (χ0n) is 17.8. The molecule has 3 amide bonds. The predicted octanol–water partition coefficient (Wildman–Crippen LogP) is 3.82. The Hall–Kier alpha value is -4.14. The molecule has 32 heavy (non-hydrogen) atoms. The van der Waals surface area contributed by atoms with Crippen molar-refractivity contribution in [2.75, 3.05) is 13.7 Å². The van der Waals surface area contributed by atoms with Gasteiger partial charge in [-0.15, -0.1) is 6.58 Å². The first kappa shape index (κ1) is 22.5. The van der Waals surface area contributed by atoms with Gasteiger partial charge in [0.15, 0.2) is 11.5 Å². The third kappa shape index (κ3) is 4.94. The number of hydrogen-bond donors (Lipinski definition) is 1. The molecule has 0 saturated carbocycles. The lowest BCUT2D eigenvalue weighted by molar-refractivity contribution is -0.384. The molecule has 0 radical (unpaired) electrons. The van der Waals surface area contributed by atoms with Crippen LogP contribution >= 0.6 is 0 Å². The smallest absolute Gasteiger partial charge is 0.328 e. The number of nitro groups is 1. The average molecular weight is 437 g/mol. The molecule has 1 saturated heterocycles. The van der Waals surface area contributed by atoms with Crippen molar-refractivity contribution in [3.63, 3.8) is 0 Å². The Labute approximate surface area is 185 Å². The van der Waals surface area contributed by atoms with Gasteiger partial charge >= 0.3 is 6.03 Å². The summed E-state index contributed by atoms with van der Waals surface area (Å²) in [5.74, 6) is 0.512. The summed E-state index contributed by atoms with van der Waals surface area (Å²) >= 11 is 0. The van der Waals surface area contributed by atoms with Crippen molar-refractivity contribution in [3.8, 4) is 11.5 Å². The molecular weight excluding hydrogens is 414 g/mol. The molecule has 0 spiro atoms. The van der Waals surface area contributed by atoms with E-state index in [-0.39, 0.29) is 18.0 Å². The van der Waals surface area contributed by atoms with Gasteiger partial charge in [0.2, 0.25) is 0 Å². The Bertz CT molecular complexity index is 1110. The number of benzene rings is 2. The summed E-state index contributed by atoms with van der Waals surface area (Å²) in [6.07, 6.45) is 3.74. The van der Waals surface area contributed by atoms with Gasteiger partial charge in [0.1, 0.15) is 12.3 Å². The summed E-state index contributed by atoms with van der Waals surface area (Å²) in [5, 5.41) is 13.6. The quantitative estimate of drug-likeness (QED) is 0.210. The van der Waals surface area contributed by atoms with E-state index in [1.54, 1.807) is 30.4 Å². The van der Waals surface area contributed by atoms with Crippen LogP contribution < -0.4 is 14.8 Å². The lowest BCUT2D eigenvalue weighted by atomic mass is 10.0. The van der Waals surface area contributed by atoms with Crippen LogP contribution in [0.5, 0.6) is 11.5 Å². The topological polar surface area (TPSA) is 111 Å². The molecule has 1 fully saturated rings. The maximum absolute atomic E-state index is 12.2. The number of nitrogens with one attached hydrogen (secondary N) is 1. The van der Waals surface area contributed by atoms with Crippen LogP contribution in [0.3, 0.4) is 0 Å². The number of non-ortho nitro benzene ring substituents is 1. The second-order valence-electron chi connectivity index (χ2n) is 7.00. The number of likely N-dealkylation sites (N-methyl/N-ethyl adjacent to an activating group) is 1. The monoisotopic (exact) mass is 437 g/mol. The molecular formula is C23H23N3O6. The van der Waals surface area contributed by atoms with Crippen molar-refractivity contribution in [2.24, 2.45) is 0 Å². The summed E-state index contributed by atoms with van der Waals surface area (Å²) in [6.45, 7) is 6.09. The molecule has 0 atom stereocenters. The Morgan fingerprint density at radius 1 is 1.22 bits per heavy atom. The Balaban J connectivity index is 1.95. The van der Waals surface area contributed by atoms with E-state index < -0.39 is 16.9 Å². The number of ether oxygens (including phenoxy) is 2. The van der Waals surface area contributed by atoms with Crippen LogP contribution in [0.1, 0.15) is 23.6 Å².